The third-order valence-corrected chi connectivity index (χ3v) is 2.86. The summed E-state index contributed by atoms with van der Waals surface area (Å²) in [6.45, 7) is 3.09. The smallest absolute Gasteiger partial charge is 0.165 e. The lowest BCUT2D eigenvalue weighted by atomic mass is 10.1. The summed E-state index contributed by atoms with van der Waals surface area (Å²) in [6, 6.07) is 4.67. The van der Waals surface area contributed by atoms with Gasteiger partial charge in [0, 0.05) is 25.0 Å². The van der Waals surface area contributed by atoms with Crippen LogP contribution in [0.4, 0.5) is 4.39 Å². The molecule has 0 aliphatic heterocycles. The first-order valence-corrected chi connectivity index (χ1v) is 6.30. The maximum absolute atomic E-state index is 13.7. The number of aryl methyl sites for hydroxylation is 1. The number of rotatable bonds is 6. The number of aromatic nitrogens is 2. The van der Waals surface area contributed by atoms with Crippen LogP contribution in [0.15, 0.2) is 36.9 Å². The lowest BCUT2D eigenvalue weighted by Gasteiger charge is -2.10. The number of benzene rings is 1. The number of hydrogen-bond donors (Lipinski definition) is 1. The second-order valence-electron chi connectivity index (χ2n) is 4.48. The summed E-state index contributed by atoms with van der Waals surface area (Å²) in [7, 11) is 0. The number of nitrogens with two attached hydrogens (primary N) is 1. The highest BCUT2D eigenvalue weighted by Crippen LogP contribution is 2.21. The molecular formula is C14H18FN3O. The van der Waals surface area contributed by atoms with Crippen molar-refractivity contribution < 1.29 is 9.13 Å². The van der Waals surface area contributed by atoms with Crippen LogP contribution in [0, 0.1) is 5.82 Å². The highest BCUT2D eigenvalue weighted by Gasteiger charge is 2.07. The molecule has 0 saturated carbocycles. The summed E-state index contributed by atoms with van der Waals surface area (Å²) < 4.78 is 21.1. The van der Waals surface area contributed by atoms with Gasteiger partial charge in [0.15, 0.2) is 11.6 Å². The quantitative estimate of drug-likeness (QED) is 0.815. The predicted molar refractivity (Wildman–Crippen MR) is 71.3 cm³/mol. The molecule has 0 spiro atoms. The molecule has 0 aliphatic rings. The summed E-state index contributed by atoms with van der Waals surface area (Å²) >= 11 is 0. The van der Waals surface area contributed by atoms with Crippen molar-refractivity contribution in [2.24, 2.45) is 5.73 Å². The predicted octanol–water partition coefficient (Wildman–Crippen LogP) is 2.51. The fraction of sp³-hybridized carbons (Fsp3) is 0.357. The number of halogens is 1. The van der Waals surface area contributed by atoms with Crippen molar-refractivity contribution in [2.75, 3.05) is 6.61 Å². The SMILES string of the molecule is C[C@@H](N)c1ccc(OCCCn2ccnc2)c(F)c1. The third kappa shape index (κ3) is 3.79. The van der Waals surface area contributed by atoms with Gasteiger partial charge >= 0.3 is 0 Å². The second kappa shape index (κ2) is 6.33. The Morgan fingerprint density at radius 2 is 2.32 bits per heavy atom. The summed E-state index contributed by atoms with van der Waals surface area (Å²) in [5.74, 6) is -0.0903. The molecule has 0 bridgehead atoms. The molecule has 1 aromatic heterocycles. The fourth-order valence-electron chi connectivity index (χ4n) is 1.77. The maximum atomic E-state index is 13.7. The topological polar surface area (TPSA) is 53.1 Å². The van der Waals surface area contributed by atoms with Crippen molar-refractivity contribution in [3.63, 3.8) is 0 Å². The van der Waals surface area contributed by atoms with E-state index in [-0.39, 0.29) is 17.6 Å². The lowest BCUT2D eigenvalue weighted by Crippen LogP contribution is -2.07. The summed E-state index contributed by atoms with van der Waals surface area (Å²) in [5.41, 5.74) is 6.46. The van der Waals surface area contributed by atoms with E-state index in [9.17, 15) is 4.39 Å². The zero-order valence-electron chi connectivity index (χ0n) is 10.9. The number of ether oxygens (including phenoxy) is 1. The molecule has 5 heteroatoms. The molecular weight excluding hydrogens is 245 g/mol. The molecule has 2 aromatic rings. The first kappa shape index (κ1) is 13.5. The van der Waals surface area contributed by atoms with Crippen molar-refractivity contribution in [1.82, 2.24) is 9.55 Å². The molecule has 0 amide bonds. The van der Waals surface area contributed by atoms with E-state index in [1.54, 1.807) is 24.7 Å². The van der Waals surface area contributed by atoms with Crippen LogP contribution in [0.5, 0.6) is 5.75 Å². The molecule has 1 atom stereocenters. The maximum Gasteiger partial charge on any atom is 0.165 e. The molecule has 0 saturated heterocycles. The van der Waals surface area contributed by atoms with Crippen LogP contribution in [0.3, 0.4) is 0 Å². The standard InChI is InChI=1S/C14H18FN3O/c1-11(16)12-3-4-14(13(15)9-12)19-8-2-6-18-7-5-17-10-18/h3-5,7,9-11H,2,6,8,16H2,1H3/t11-/m1/s1. The van der Waals surface area contributed by atoms with Gasteiger partial charge in [0.25, 0.3) is 0 Å². The van der Waals surface area contributed by atoms with Gasteiger partial charge in [0.05, 0.1) is 12.9 Å². The zero-order chi connectivity index (χ0) is 13.7. The molecule has 2 rings (SSSR count). The van der Waals surface area contributed by atoms with Gasteiger partial charge in [0.1, 0.15) is 0 Å². The minimum absolute atomic E-state index is 0.176. The molecule has 1 aromatic carbocycles. The van der Waals surface area contributed by atoms with Crippen molar-refractivity contribution >= 4 is 0 Å². The van der Waals surface area contributed by atoms with Crippen molar-refractivity contribution in [2.45, 2.75) is 25.9 Å². The van der Waals surface area contributed by atoms with E-state index < -0.39 is 0 Å². The van der Waals surface area contributed by atoms with E-state index in [0.717, 1.165) is 18.5 Å². The summed E-state index contributed by atoms with van der Waals surface area (Å²) in [6.07, 6.45) is 6.16. The molecule has 102 valence electrons. The average Bonchev–Trinajstić information content (AvgIpc) is 2.89. The molecule has 0 unspecified atom stereocenters. The van der Waals surface area contributed by atoms with E-state index in [2.05, 4.69) is 4.98 Å². The molecule has 0 radical (unpaired) electrons. The van der Waals surface area contributed by atoms with E-state index >= 15 is 0 Å². The zero-order valence-corrected chi connectivity index (χ0v) is 10.9. The molecule has 1 heterocycles. The van der Waals surface area contributed by atoms with Gasteiger partial charge in [-0.05, 0) is 31.0 Å². The van der Waals surface area contributed by atoms with Crippen LogP contribution in [0.25, 0.3) is 0 Å². The van der Waals surface area contributed by atoms with E-state index in [1.807, 2.05) is 17.7 Å². The van der Waals surface area contributed by atoms with E-state index in [0.29, 0.717) is 6.61 Å². The van der Waals surface area contributed by atoms with Crippen molar-refractivity contribution in [3.05, 3.63) is 48.3 Å². The number of hydrogen-bond acceptors (Lipinski definition) is 3. The second-order valence-corrected chi connectivity index (χ2v) is 4.48. The first-order chi connectivity index (χ1) is 9.16. The van der Waals surface area contributed by atoms with Crippen molar-refractivity contribution in [1.29, 1.82) is 0 Å². The summed E-state index contributed by atoms with van der Waals surface area (Å²) in [5, 5.41) is 0. The Labute approximate surface area is 112 Å². The third-order valence-electron chi connectivity index (χ3n) is 2.86. The fourth-order valence-corrected chi connectivity index (χ4v) is 1.77. The molecule has 2 N–H and O–H groups in total. The van der Waals surface area contributed by atoms with E-state index in [4.69, 9.17) is 10.5 Å². The van der Waals surface area contributed by atoms with Crippen LogP contribution in [-0.2, 0) is 6.54 Å². The Hall–Kier alpha value is -1.88. The molecule has 0 fully saturated rings. The first-order valence-electron chi connectivity index (χ1n) is 6.30. The van der Waals surface area contributed by atoms with Crippen LogP contribution in [0.1, 0.15) is 24.9 Å². The minimum Gasteiger partial charge on any atom is -0.490 e. The van der Waals surface area contributed by atoms with Crippen LogP contribution < -0.4 is 10.5 Å². The summed E-state index contributed by atoms with van der Waals surface area (Å²) in [4.78, 5) is 3.95. The Bertz CT molecular complexity index is 511. The van der Waals surface area contributed by atoms with Gasteiger partial charge in [0.2, 0.25) is 0 Å². The Morgan fingerprint density at radius 3 is 2.95 bits per heavy atom. The van der Waals surface area contributed by atoms with Gasteiger partial charge in [-0.2, -0.15) is 0 Å². The largest absolute Gasteiger partial charge is 0.490 e. The van der Waals surface area contributed by atoms with Gasteiger partial charge in [-0.25, -0.2) is 9.37 Å². The van der Waals surface area contributed by atoms with Crippen molar-refractivity contribution in [3.8, 4) is 5.75 Å². The van der Waals surface area contributed by atoms with Crippen LogP contribution in [-0.4, -0.2) is 16.2 Å². The van der Waals surface area contributed by atoms with Crippen LogP contribution >= 0.6 is 0 Å². The van der Waals surface area contributed by atoms with Gasteiger partial charge < -0.3 is 15.0 Å². The van der Waals surface area contributed by atoms with Gasteiger partial charge in [-0.15, -0.1) is 0 Å². The normalized spacial score (nSPS) is 12.4. The lowest BCUT2D eigenvalue weighted by molar-refractivity contribution is 0.287. The van der Waals surface area contributed by atoms with Gasteiger partial charge in [-0.3, -0.25) is 0 Å². The Balaban J connectivity index is 1.82. The number of imidazole rings is 1. The Morgan fingerprint density at radius 1 is 1.47 bits per heavy atom. The van der Waals surface area contributed by atoms with E-state index in [1.165, 1.54) is 6.07 Å². The monoisotopic (exact) mass is 263 g/mol. The van der Waals surface area contributed by atoms with Crippen LogP contribution in [0.2, 0.25) is 0 Å². The highest BCUT2D eigenvalue weighted by molar-refractivity contribution is 5.30. The number of nitrogens with zero attached hydrogens (tertiary/aromatic N) is 2. The minimum atomic E-state index is -0.363. The molecule has 0 aliphatic carbocycles. The highest BCUT2D eigenvalue weighted by atomic mass is 19.1. The Kier molecular flexibility index (Phi) is 4.52. The van der Waals surface area contributed by atoms with Gasteiger partial charge in [-0.1, -0.05) is 6.07 Å². The average molecular weight is 263 g/mol. The molecule has 19 heavy (non-hydrogen) atoms. The molecule has 4 nitrogen and oxygen atoms in total.